The lowest BCUT2D eigenvalue weighted by atomic mass is 10.1. The molecule has 0 aromatic heterocycles. The van der Waals surface area contributed by atoms with E-state index in [1.165, 1.54) is 0 Å². The molecule has 3 rings (SSSR count). The maximum absolute atomic E-state index is 12.6. The molecular weight excluding hydrogens is 362 g/mol. The van der Waals surface area contributed by atoms with Crippen LogP contribution in [0.4, 0.5) is 0 Å². The largest absolute Gasteiger partial charge is 0.384 e. The molecule has 28 heavy (non-hydrogen) atoms. The van der Waals surface area contributed by atoms with E-state index in [-0.39, 0.29) is 36.6 Å². The van der Waals surface area contributed by atoms with E-state index in [2.05, 4.69) is 0 Å². The van der Waals surface area contributed by atoms with Gasteiger partial charge in [0.15, 0.2) is 0 Å². The van der Waals surface area contributed by atoms with Crippen LogP contribution < -0.4 is 0 Å². The minimum absolute atomic E-state index is 0.0298. The van der Waals surface area contributed by atoms with Gasteiger partial charge >= 0.3 is 0 Å². The molecule has 0 aliphatic carbocycles. The first-order valence-corrected chi connectivity index (χ1v) is 9.52. The smallest absolute Gasteiger partial charge is 0.261 e. The Balaban J connectivity index is 1.51. The minimum atomic E-state index is -0.348. The molecule has 0 unspecified atom stereocenters. The van der Waals surface area contributed by atoms with Gasteiger partial charge in [-0.25, -0.2) is 0 Å². The molecule has 1 saturated heterocycles. The number of hydrogen-bond donors (Lipinski definition) is 0. The number of ether oxygens (including phenoxy) is 1. The highest BCUT2D eigenvalue weighted by molar-refractivity contribution is 6.21. The van der Waals surface area contributed by atoms with Gasteiger partial charge in [-0.05, 0) is 18.6 Å². The van der Waals surface area contributed by atoms with Gasteiger partial charge in [-0.15, -0.1) is 0 Å². The second-order valence-electron chi connectivity index (χ2n) is 6.92. The summed E-state index contributed by atoms with van der Waals surface area (Å²) in [6.07, 6.45) is 1.13. The number of methoxy groups -OCH3 is 1. The number of carbonyl (C=O) groups excluding carboxylic acids is 4. The fraction of sp³-hybridized carbons (Fsp3) is 0.500. The Hall–Kier alpha value is -2.74. The van der Waals surface area contributed by atoms with Crippen LogP contribution in [0.5, 0.6) is 0 Å². The van der Waals surface area contributed by atoms with E-state index in [0.717, 1.165) is 4.90 Å². The normalized spacial score (nSPS) is 17.0. The lowest BCUT2D eigenvalue weighted by Crippen LogP contribution is -2.39. The number of nitrogens with zero attached hydrogens (tertiary/aromatic N) is 3. The van der Waals surface area contributed by atoms with Crippen molar-refractivity contribution in [2.24, 2.45) is 0 Å². The van der Waals surface area contributed by atoms with Crippen molar-refractivity contribution in [2.75, 3.05) is 46.4 Å². The third-order valence-corrected chi connectivity index (χ3v) is 5.15. The summed E-state index contributed by atoms with van der Waals surface area (Å²) < 4.78 is 4.94. The van der Waals surface area contributed by atoms with Crippen molar-refractivity contribution >= 4 is 23.6 Å². The molecular formula is C20H25N3O5. The van der Waals surface area contributed by atoms with E-state index >= 15 is 0 Å². The summed E-state index contributed by atoms with van der Waals surface area (Å²) in [7, 11) is 1.56. The van der Waals surface area contributed by atoms with E-state index in [1.807, 2.05) is 0 Å². The van der Waals surface area contributed by atoms with Crippen molar-refractivity contribution in [3.8, 4) is 0 Å². The zero-order valence-electron chi connectivity index (χ0n) is 16.1. The van der Waals surface area contributed by atoms with E-state index in [0.29, 0.717) is 56.8 Å². The van der Waals surface area contributed by atoms with Crippen LogP contribution in [0.2, 0.25) is 0 Å². The second kappa shape index (κ2) is 8.97. The number of benzene rings is 1. The Morgan fingerprint density at radius 2 is 1.43 bits per heavy atom. The van der Waals surface area contributed by atoms with Gasteiger partial charge in [-0.3, -0.25) is 24.1 Å². The first-order valence-electron chi connectivity index (χ1n) is 9.52. The summed E-state index contributed by atoms with van der Waals surface area (Å²) >= 11 is 0. The molecule has 0 spiro atoms. The number of fused-ring (bicyclic) bond motifs is 1. The SMILES string of the molecule is COCCC(=O)N1CCCN(C(=O)CCN2C(=O)c3ccccc3C2=O)CC1. The fourth-order valence-electron chi connectivity index (χ4n) is 3.57. The van der Waals surface area contributed by atoms with E-state index < -0.39 is 0 Å². The summed E-state index contributed by atoms with van der Waals surface area (Å²) in [6, 6.07) is 6.69. The van der Waals surface area contributed by atoms with Gasteiger partial charge in [0.2, 0.25) is 11.8 Å². The van der Waals surface area contributed by atoms with Crippen LogP contribution in [-0.2, 0) is 14.3 Å². The summed E-state index contributed by atoms with van der Waals surface area (Å²) in [5.41, 5.74) is 0.778. The molecule has 1 aromatic carbocycles. The highest BCUT2D eigenvalue weighted by Gasteiger charge is 2.35. The zero-order chi connectivity index (χ0) is 20.1. The summed E-state index contributed by atoms with van der Waals surface area (Å²) in [5, 5.41) is 0. The number of imide groups is 1. The predicted molar refractivity (Wildman–Crippen MR) is 101 cm³/mol. The van der Waals surface area contributed by atoms with Gasteiger partial charge in [0, 0.05) is 46.3 Å². The van der Waals surface area contributed by atoms with E-state index in [4.69, 9.17) is 4.74 Å². The topological polar surface area (TPSA) is 87.2 Å². The standard InChI is InChI=1S/C20H25N3O5/c1-28-14-8-18(25)22-10-4-9-21(12-13-22)17(24)7-11-23-19(26)15-5-2-3-6-16(15)20(23)27/h2-3,5-6H,4,7-14H2,1H3. The van der Waals surface area contributed by atoms with Crippen molar-refractivity contribution in [3.63, 3.8) is 0 Å². The first-order chi connectivity index (χ1) is 13.5. The number of hydrogen-bond acceptors (Lipinski definition) is 5. The highest BCUT2D eigenvalue weighted by Crippen LogP contribution is 2.22. The number of amides is 4. The summed E-state index contributed by atoms with van der Waals surface area (Å²) in [4.78, 5) is 54.1. The highest BCUT2D eigenvalue weighted by atomic mass is 16.5. The molecule has 1 fully saturated rings. The molecule has 1 aromatic rings. The van der Waals surface area contributed by atoms with Crippen LogP contribution in [0.15, 0.2) is 24.3 Å². The monoisotopic (exact) mass is 387 g/mol. The van der Waals surface area contributed by atoms with E-state index in [1.54, 1.807) is 41.2 Å². The molecule has 4 amide bonds. The first kappa shape index (κ1) is 20.0. The molecule has 2 aliphatic heterocycles. The maximum atomic E-state index is 12.6. The van der Waals surface area contributed by atoms with E-state index in [9.17, 15) is 19.2 Å². The third-order valence-electron chi connectivity index (χ3n) is 5.15. The third kappa shape index (κ3) is 4.22. The molecule has 0 atom stereocenters. The molecule has 0 N–H and O–H groups in total. The molecule has 0 radical (unpaired) electrons. The van der Waals surface area contributed by atoms with Gasteiger partial charge in [0.05, 0.1) is 24.2 Å². The Morgan fingerprint density at radius 3 is 1.96 bits per heavy atom. The van der Waals surface area contributed by atoms with Crippen molar-refractivity contribution in [1.82, 2.24) is 14.7 Å². The number of rotatable bonds is 6. The molecule has 150 valence electrons. The molecule has 0 saturated carbocycles. The minimum Gasteiger partial charge on any atom is -0.384 e. The Morgan fingerprint density at radius 1 is 0.893 bits per heavy atom. The molecule has 2 heterocycles. The lowest BCUT2D eigenvalue weighted by molar-refractivity contribution is -0.134. The van der Waals surface area contributed by atoms with Gasteiger partial charge in [-0.2, -0.15) is 0 Å². The van der Waals surface area contributed by atoms with Crippen LogP contribution in [0.3, 0.4) is 0 Å². The van der Waals surface area contributed by atoms with Crippen LogP contribution in [0.1, 0.15) is 40.0 Å². The second-order valence-corrected chi connectivity index (χ2v) is 6.92. The Kier molecular flexibility index (Phi) is 6.41. The molecule has 0 bridgehead atoms. The molecule has 8 heteroatoms. The summed E-state index contributed by atoms with van der Waals surface area (Å²) in [5.74, 6) is -0.775. The predicted octanol–water partition coefficient (Wildman–Crippen LogP) is 0.770. The summed E-state index contributed by atoms with van der Waals surface area (Å²) in [6.45, 7) is 2.58. The van der Waals surface area contributed by atoms with Gasteiger partial charge < -0.3 is 14.5 Å². The quantitative estimate of drug-likeness (QED) is 0.673. The Bertz CT molecular complexity index is 744. The van der Waals surface area contributed by atoms with Crippen LogP contribution in [0.25, 0.3) is 0 Å². The van der Waals surface area contributed by atoms with Crippen molar-refractivity contribution < 1.29 is 23.9 Å². The van der Waals surface area contributed by atoms with Gasteiger partial charge in [0.25, 0.3) is 11.8 Å². The van der Waals surface area contributed by atoms with Crippen molar-refractivity contribution in [1.29, 1.82) is 0 Å². The molecule has 8 nitrogen and oxygen atoms in total. The van der Waals surface area contributed by atoms with Crippen molar-refractivity contribution in [2.45, 2.75) is 19.3 Å². The average Bonchev–Trinajstić information content (AvgIpc) is 2.88. The zero-order valence-corrected chi connectivity index (χ0v) is 16.1. The maximum Gasteiger partial charge on any atom is 0.261 e. The van der Waals surface area contributed by atoms with Crippen molar-refractivity contribution in [3.05, 3.63) is 35.4 Å². The lowest BCUT2D eigenvalue weighted by Gasteiger charge is -2.23. The Labute approximate surface area is 164 Å². The number of carbonyl (C=O) groups is 4. The van der Waals surface area contributed by atoms with Gasteiger partial charge in [-0.1, -0.05) is 12.1 Å². The average molecular weight is 387 g/mol. The fourth-order valence-corrected chi connectivity index (χ4v) is 3.57. The van der Waals surface area contributed by atoms with Crippen LogP contribution in [-0.4, -0.2) is 84.8 Å². The van der Waals surface area contributed by atoms with Crippen LogP contribution >= 0.6 is 0 Å². The van der Waals surface area contributed by atoms with Crippen LogP contribution in [0, 0.1) is 0 Å². The molecule has 2 aliphatic rings. The van der Waals surface area contributed by atoms with Gasteiger partial charge in [0.1, 0.15) is 0 Å².